The number of nitrogens with one attached hydrogen (secondary N) is 2. The van der Waals surface area contributed by atoms with Crippen molar-refractivity contribution in [1.29, 1.82) is 0 Å². The van der Waals surface area contributed by atoms with Gasteiger partial charge in [-0.25, -0.2) is 0 Å². The lowest BCUT2D eigenvalue weighted by Gasteiger charge is -2.30. The van der Waals surface area contributed by atoms with Crippen LogP contribution < -0.4 is 15.5 Å². The van der Waals surface area contributed by atoms with Crippen LogP contribution in [0.1, 0.15) is 39.2 Å². The smallest absolute Gasteiger partial charge is 0.191 e. The van der Waals surface area contributed by atoms with Gasteiger partial charge in [-0.05, 0) is 51.0 Å². The van der Waals surface area contributed by atoms with E-state index in [0.29, 0.717) is 6.04 Å². The summed E-state index contributed by atoms with van der Waals surface area (Å²) in [5.41, 5.74) is 2.59. The van der Waals surface area contributed by atoms with E-state index < -0.39 is 0 Å². The van der Waals surface area contributed by atoms with Gasteiger partial charge in [-0.15, -0.1) is 24.0 Å². The fourth-order valence-electron chi connectivity index (χ4n) is 3.61. The number of hydrogen-bond donors (Lipinski definition) is 2. The predicted molar refractivity (Wildman–Crippen MR) is 135 cm³/mol. The quantitative estimate of drug-likeness (QED) is 0.284. The van der Waals surface area contributed by atoms with Gasteiger partial charge in [-0.1, -0.05) is 32.0 Å². The molecule has 6 nitrogen and oxygen atoms in total. The van der Waals surface area contributed by atoms with E-state index in [1.807, 2.05) is 7.05 Å². The SMILES string of the molecule is CCN(CC)CCCC(C)NC(=NC)NCc1ccccc1N1CCOCC1.I. The molecule has 1 heterocycles. The Labute approximate surface area is 194 Å². The molecular formula is C22H40IN5O. The van der Waals surface area contributed by atoms with Crippen molar-refractivity contribution in [3.8, 4) is 0 Å². The number of guanidine groups is 1. The molecule has 29 heavy (non-hydrogen) atoms. The van der Waals surface area contributed by atoms with Gasteiger partial charge in [0.15, 0.2) is 5.96 Å². The molecule has 1 fully saturated rings. The summed E-state index contributed by atoms with van der Waals surface area (Å²) in [7, 11) is 1.84. The zero-order valence-electron chi connectivity index (χ0n) is 18.6. The van der Waals surface area contributed by atoms with Gasteiger partial charge in [-0.3, -0.25) is 4.99 Å². The highest BCUT2D eigenvalue weighted by Crippen LogP contribution is 2.21. The van der Waals surface area contributed by atoms with E-state index in [0.717, 1.165) is 64.9 Å². The topological polar surface area (TPSA) is 52.1 Å². The third-order valence-electron chi connectivity index (χ3n) is 5.40. The van der Waals surface area contributed by atoms with Crippen molar-refractivity contribution in [2.75, 3.05) is 57.9 Å². The van der Waals surface area contributed by atoms with Crippen LogP contribution in [0.5, 0.6) is 0 Å². The maximum atomic E-state index is 5.49. The van der Waals surface area contributed by atoms with Crippen molar-refractivity contribution in [2.45, 2.75) is 46.2 Å². The van der Waals surface area contributed by atoms with Crippen LogP contribution in [-0.2, 0) is 11.3 Å². The molecule has 2 rings (SSSR count). The Morgan fingerprint density at radius 1 is 1.21 bits per heavy atom. The Hall–Kier alpha value is -1.06. The van der Waals surface area contributed by atoms with E-state index >= 15 is 0 Å². The molecule has 1 aromatic carbocycles. The monoisotopic (exact) mass is 517 g/mol. The fourth-order valence-corrected chi connectivity index (χ4v) is 3.61. The molecule has 1 unspecified atom stereocenters. The van der Waals surface area contributed by atoms with Gasteiger partial charge < -0.3 is 25.2 Å². The predicted octanol–water partition coefficient (Wildman–Crippen LogP) is 3.32. The van der Waals surface area contributed by atoms with Crippen molar-refractivity contribution in [1.82, 2.24) is 15.5 Å². The number of morpholine rings is 1. The summed E-state index contributed by atoms with van der Waals surface area (Å²) in [6, 6.07) is 9.01. The summed E-state index contributed by atoms with van der Waals surface area (Å²) < 4.78 is 5.49. The van der Waals surface area contributed by atoms with Crippen molar-refractivity contribution in [3.05, 3.63) is 29.8 Å². The Balaban J connectivity index is 0.00000420. The number of halogens is 1. The average molecular weight is 518 g/mol. The molecule has 0 spiro atoms. The number of ether oxygens (including phenoxy) is 1. The Kier molecular flexibility index (Phi) is 13.3. The summed E-state index contributed by atoms with van der Waals surface area (Å²) in [6.45, 7) is 14.4. The largest absolute Gasteiger partial charge is 0.378 e. The molecule has 1 aliphatic rings. The number of anilines is 1. The molecule has 2 N–H and O–H groups in total. The van der Waals surface area contributed by atoms with E-state index in [-0.39, 0.29) is 24.0 Å². The van der Waals surface area contributed by atoms with Crippen LogP contribution in [0.4, 0.5) is 5.69 Å². The third kappa shape index (κ3) is 9.09. The number of hydrogen-bond acceptors (Lipinski definition) is 4. The Morgan fingerprint density at radius 2 is 1.90 bits per heavy atom. The van der Waals surface area contributed by atoms with Crippen molar-refractivity contribution in [3.63, 3.8) is 0 Å². The molecule has 1 aliphatic heterocycles. The fraction of sp³-hybridized carbons (Fsp3) is 0.682. The summed E-state index contributed by atoms with van der Waals surface area (Å²) in [6.07, 6.45) is 2.34. The van der Waals surface area contributed by atoms with Crippen LogP contribution in [0.3, 0.4) is 0 Å². The molecule has 1 atom stereocenters. The average Bonchev–Trinajstić information content (AvgIpc) is 2.75. The van der Waals surface area contributed by atoms with Crippen molar-refractivity contribution in [2.24, 2.45) is 4.99 Å². The second-order valence-corrected chi connectivity index (χ2v) is 7.37. The molecule has 0 saturated carbocycles. The van der Waals surface area contributed by atoms with Crippen molar-refractivity contribution >= 4 is 35.6 Å². The lowest BCUT2D eigenvalue weighted by Crippen LogP contribution is -2.42. The number of nitrogens with zero attached hydrogens (tertiary/aromatic N) is 3. The first-order chi connectivity index (χ1) is 13.7. The van der Waals surface area contributed by atoms with Crippen LogP contribution in [0.2, 0.25) is 0 Å². The minimum absolute atomic E-state index is 0. The lowest BCUT2D eigenvalue weighted by molar-refractivity contribution is 0.122. The molecule has 7 heteroatoms. The number of benzene rings is 1. The standard InChI is InChI=1S/C22H39N5O.HI/c1-5-26(6-2)13-9-10-19(3)25-22(23-4)24-18-20-11-7-8-12-21(20)27-14-16-28-17-15-27;/h7-8,11-12,19H,5-6,9-10,13-18H2,1-4H3,(H2,23,24,25);1H. The van der Waals surface area contributed by atoms with Gasteiger partial charge in [0.05, 0.1) is 13.2 Å². The molecule has 0 bridgehead atoms. The van der Waals surface area contributed by atoms with E-state index in [1.165, 1.54) is 17.7 Å². The summed E-state index contributed by atoms with van der Waals surface area (Å²) in [5.74, 6) is 0.868. The highest BCUT2D eigenvalue weighted by Gasteiger charge is 2.14. The third-order valence-corrected chi connectivity index (χ3v) is 5.40. The Morgan fingerprint density at radius 3 is 2.55 bits per heavy atom. The first kappa shape index (κ1) is 26.0. The Bertz CT molecular complexity index is 588. The minimum Gasteiger partial charge on any atom is -0.378 e. The zero-order chi connectivity index (χ0) is 20.2. The lowest BCUT2D eigenvalue weighted by atomic mass is 10.1. The first-order valence-corrected chi connectivity index (χ1v) is 10.8. The molecule has 166 valence electrons. The zero-order valence-corrected chi connectivity index (χ0v) is 20.9. The normalized spacial score (nSPS) is 15.8. The van der Waals surface area contributed by atoms with E-state index in [9.17, 15) is 0 Å². The number of para-hydroxylation sites is 1. The second kappa shape index (κ2) is 14.8. The minimum atomic E-state index is 0. The van der Waals surface area contributed by atoms with E-state index in [4.69, 9.17) is 4.74 Å². The maximum absolute atomic E-state index is 5.49. The molecule has 1 saturated heterocycles. The second-order valence-electron chi connectivity index (χ2n) is 7.37. The van der Waals surface area contributed by atoms with Crippen LogP contribution in [-0.4, -0.2) is 69.9 Å². The number of rotatable bonds is 10. The van der Waals surface area contributed by atoms with Crippen LogP contribution >= 0.6 is 24.0 Å². The van der Waals surface area contributed by atoms with Gasteiger partial charge in [0.25, 0.3) is 0 Å². The van der Waals surface area contributed by atoms with Gasteiger partial charge in [0.2, 0.25) is 0 Å². The summed E-state index contributed by atoms with van der Waals surface area (Å²) in [5, 5.41) is 7.02. The van der Waals surface area contributed by atoms with E-state index in [1.54, 1.807) is 0 Å². The molecule has 1 aromatic rings. The molecule has 0 radical (unpaired) electrons. The highest BCUT2D eigenvalue weighted by molar-refractivity contribution is 14.0. The van der Waals surface area contributed by atoms with Crippen LogP contribution in [0, 0.1) is 0 Å². The van der Waals surface area contributed by atoms with Gasteiger partial charge in [0.1, 0.15) is 0 Å². The van der Waals surface area contributed by atoms with Gasteiger partial charge in [0, 0.05) is 38.4 Å². The maximum Gasteiger partial charge on any atom is 0.191 e. The summed E-state index contributed by atoms with van der Waals surface area (Å²) >= 11 is 0. The molecular weight excluding hydrogens is 477 g/mol. The molecule has 0 aromatic heterocycles. The van der Waals surface area contributed by atoms with E-state index in [2.05, 4.69) is 70.5 Å². The highest BCUT2D eigenvalue weighted by atomic mass is 127. The van der Waals surface area contributed by atoms with Crippen LogP contribution in [0.15, 0.2) is 29.3 Å². The first-order valence-electron chi connectivity index (χ1n) is 10.8. The summed E-state index contributed by atoms with van der Waals surface area (Å²) in [4.78, 5) is 9.30. The molecule has 0 amide bonds. The number of aliphatic imine (C=N–C) groups is 1. The van der Waals surface area contributed by atoms with Crippen LogP contribution in [0.25, 0.3) is 0 Å². The van der Waals surface area contributed by atoms with Gasteiger partial charge in [-0.2, -0.15) is 0 Å². The molecule has 0 aliphatic carbocycles. The van der Waals surface area contributed by atoms with Crippen molar-refractivity contribution < 1.29 is 4.74 Å². The van der Waals surface area contributed by atoms with Gasteiger partial charge >= 0.3 is 0 Å².